The molecule has 0 radical (unpaired) electrons. The molecule has 11 rings (SSSR count). The van der Waals surface area contributed by atoms with E-state index in [4.69, 9.17) is 0 Å². The first-order valence-electron chi connectivity index (χ1n) is 27.1. The van der Waals surface area contributed by atoms with Gasteiger partial charge >= 0.3 is 0 Å². The number of nitrogens with one attached hydrogen (secondary N) is 1. The average molecular weight is 768 g/mol. The molecule has 0 bridgehead atoms. The zero-order chi connectivity index (χ0) is 37.0. The van der Waals surface area contributed by atoms with Gasteiger partial charge in [-0.1, -0.05) is 96.3 Å². The van der Waals surface area contributed by atoms with E-state index in [0.717, 1.165) is 108 Å². The number of rotatable bonds is 6. The molecular weight excluding hydrogens is 679 g/mol. The minimum atomic E-state index is 0.813. The molecule has 56 heavy (non-hydrogen) atoms. The van der Waals surface area contributed by atoms with Crippen molar-refractivity contribution in [2.24, 2.45) is 59.2 Å². The van der Waals surface area contributed by atoms with Crippen LogP contribution in [-0.2, 0) is 0 Å². The van der Waals surface area contributed by atoms with Crippen LogP contribution in [0.5, 0.6) is 0 Å². The van der Waals surface area contributed by atoms with E-state index in [0.29, 0.717) is 0 Å². The second kappa shape index (κ2) is 17.3. The molecule has 3 heterocycles. The Bertz CT molecular complexity index is 1230. The van der Waals surface area contributed by atoms with Gasteiger partial charge in [-0.25, -0.2) is 0 Å². The maximum absolute atomic E-state index is 4.51. The molecule has 8 aliphatic carbocycles. The zero-order valence-corrected chi connectivity index (χ0v) is 36.5. The molecule has 0 spiro atoms. The van der Waals surface area contributed by atoms with Crippen LogP contribution in [0.15, 0.2) is 0 Å². The molecule has 3 aliphatic heterocycles. The topological polar surface area (TPSA) is 18.5 Å². The van der Waals surface area contributed by atoms with Crippen LogP contribution in [-0.4, -0.2) is 58.1 Å². The van der Waals surface area contributed by atoms with Crippen molar-refractivity contribution in [2.45, 2.75) is 273 Å². The van der Waals surface area contributed by atoms with E-state index < -0.39 is 0 Å². The minimum absolute atomic E-state index is 0.813. The lowest BCUT2D eigenvalue weighted by Crippen LogP contribution is -2.60. The molecule has 11 fully saturated rings. The van der Waals surface area contributed by atoms with Gasteiger partial charge in [-0.15, -0.1) is 0 Å². The number of likely N-dealkylation sites (tertiary alicyclic amines) is 2. The molecule has 0 aromatic rings. The fraction of sp³-hybridized carbons (Fsp3) is 1.00. The SMILES string of the molecule is C1CCC(C2CCC(N3C4CCCCC4C4CC(C5CCC6C7CCCCC7N(C7CC(C8CCCCC8)NC(C8CCCCC8)C7)C6C5)CCC43)CC2)CC1. The predicted molar refractivity (Wildman–Crippen MR) is 234 cm³/mol. The normalized spacial score (nSPS) is 49.2. The summed E-state index contributed by atoms with van der Waals surface area (Å²) < 4.78 is 0. The van der Waals surface area contributed by atoms with Crippen LogP contribution in [0.3, 0.4) is 0 Å². The minimum Gasteiger partial charge on any atom is -0.311 e. The van der Waals surface area contributed by atoms with E-state index in [2.05, 4.69) is 15.1 Å². The lowest BCUT2D eigenvalue weighted by Gasteiger charge is -2.51. The summed E-state index contributed by atoms with van der Waals surface area (Å²) in [6, 6.07) is 7.24. The Hall–Kier alpha value is -0.120. The van der Waals surface area contributed by atoms with Crippen LogP contribution in [0.1, 0.15) is 225 Å². The number of nitrogens with zero attached hydrogens (tertiary/aromatic N) is 2. The summed E-state index contributed by atoms with van der Waals surface area (Å²) in [4.78, 5) is 6.78. The van der Waals surface area contributed by atoms with Gasteiger partial charge in [-0.3, -0.25) is 9.80 Å². The van der Waals surface area contributed by atoms with Gasteiger partial charge in [0.2, 0.25) is 0 Å². The molecule has 12 atom stereocenters. The van der Waals surface area contributed by atoms with Crippen molar-refractivity contribution in [3.8, 4) is 0 Å². The first kappa shape index (κ1) is 38.8. The summed E-state index contributed by atoms with van der Waals surface area (Å²) in [5.74, 6) is 10.4. The van der Waals surface area contributed by atoms with Gasteiger partial charge in [0.15, 0.2) is 0 Å². The molecule has 0 amide bonds. The lowest BCUT2D eigenvalue weighted by molar-refractivity contribution is 0.00417. The Morgan fingerprint density at radius 3 is 1.30 bits per heavy atom. The Balaban J connectivity index is 0.799. The number of hydrogen-bond donors (Lipinski definition) is 1. The highest BCUT2D eigenvalue weighted by molar-refractivity contribution is 5.11. The molecule has 12 unspecified atom stereocenters. The number of hydrogen-bond acceptors (Lipinski definition) is 3. The van der Waals surface area contributed by atoms with Crippen molar-refractivity contribution >= 4 is 0 Å². The second-order valence-corrected chi connectivity index (χ2v) is 23.8. The quantitative estimate of drug-likeness (QED) is 0.290. The smallest absolute Gasteiger partial charge is 0.0135 e. The lowest BCUT2D eigenvalue weighted by atomic mass is 9.62. The van der Waals surface area contributed by atoms with Crippen LogP contribution >= 0.6 is 0 Å². The monoisotopic (exact) mass is 768 g/mol. The summed E-state index contributed by atoms with van der Waals surface area (Å²) in [6.07, 6.45) is 54.1. The molecular formula is C53H89N3. The number of fused-ring (bicyclic) bond motifs is 6. The fourth-order valence-electron chi connectivity index (χ4n) is 19.1. The van der Waals surface area contributed by atoms with E-state index in [1.807, 2.05) is 0 Å². The summed E-state index contributed by atoms with van der Waals surface area (Å²) in [7, 11) is 0. The van der Waals surface area contributed by atoms with Crippen LogP contribution in [0.2, 0.25) is 0 Å². The zero-order valence-electron chi connectivity index (χ0n) is 36.5. The first-order valence-corrected chi connectivity index (χ1v) is 27.1. The third-order valence-electron chi connectivity index (χ3n) is 21.5. The van der Waals surface area contributed by atoms with Gasteiger partial charge in [0.05, 0.1) is 0 Å². The van der Waals surface area contributed by atoms with Crippen molar-refractivity contribution in [3.63, 3.8) is 0 Å². The van der Waals surface area contributed by atoms with Crippen molar-refractivity contribution in [2.75, 3.05) is 0 Å². The third kappa shape index (κ3) is 7.48. The fourth-order valence-corrected chi connectivity index (χ4v) is 19.1. The highest BCUT2D eigenvalue weighted by Crippen LogP contribution is 2.58. The summed E-state index contributed by atoms with van der Waals surface area (Å²) in [5, 5.41) is 4.51. The van der Waals surface area contributed by atoms with Crippen LogP contribution in [0.4, 0.5) is 0 Å². The van der Waals surface area contributed by atoms with Crippen LogP contribution in [0.25, 0.3) is 0 Å². The summed E-state index contributed by atoms with van der Waals surface area (Å²) in [6.45, 7) is 0. The van der Waals surface area contributed by atoms with E-state index in [9.17, 15) is 0 Å². The molecule has 11 aliphatic rings. The Morgan fingerprint density at radius 2 is 0.679 bits per heavy atom. The highest BCUT2D eigenvalue weighted by Gasteiger charge is 2.57. The Labute approximate surface area is 346 Å². The van der Waals surface area contributed by atoms with Gasteiger partial charge in [-0.05, 0) is 188 Å². The van der Waals surface area contributed by atoms with Crippen molar-refractivity contribution < 1.29 is 0 Å². The maximum atomic E-state index is 4.51. The third-order valence-corrected chi connectivity index (χ3v) is 21.5. The molecule has 8 saturated carbocycles. The standard InChI is InChI=1S/C53H89N3/c1-4-14-36(15-5-1)37-24-28-42(29-25-37)55-51-23-13-11-21-45(51)47-32-40(27-31-52(47)55)41-26-30-46-44-20-10-12-22-50(44)56(53(46)33-41)43-34-48(38-16-6-2-7-17-38)54-49(35-43)39-18-8-3-9-19-39/h36-54H,1-35H2. The summed E-state index contributed by atoms with van der Waals surface area (Å²) in [5.41, 5.74) is 0. The maximum Gasteiger partial charge on any atom is 0.0135 e. The average Bonchev–Trinajstić information content (AvgIpc) is 3.79. The molecule has 0 aromatic heterocycles. The van der Waals surface area contributed by atoms with Crippen LogP contribution < -0.4 is 5.32 Å². The van der Waals surface area contributed by atoms with Gasteiger partial charge in [0.25, 0.3) is 0 Å². The van der Waals surface area contributed by atoms with Crippen LogP contribution in [0, 0.1) is 59.2 Å². The van der Waals surface area contributed by atoms with Crippen molar-refractivity contribution in [3.05, 3.63) is 0 Å². The van der Waals surface area contributed by atoms with Crippen molar-refractivity contribution in [1.82, 2.24) is 15.1 Å². The van der Waals surface area contributed by atoms with Gasteiger partial charge < -0.3 is 5.32 Å². The Kier molecular flexibility index (Phi) is 12.0. The van der Waals surface area contributed by atoms with E-state index in [-0.39, 0.29) is 0 Å². The number of piperidine rings is 1. The molecule has 3 saturated heterocycles. The highest BCUT2D eigenvalue weighted by atomic mass is 15.3. The molecule has 3 heteroatoms. The molecule has 3 nitrogen and oxygen atoms in total. The second-order valence-electron chi connectivity index (χ2n) is 23.8. The van der Waals surface area contributed by atoms with Gasteiger partial charge in [0.1, 0.15) is 0 Å². The largest absolute Gasteiger partial charge is 0.311 e. The van der Waals surface area contributed by atoms with Gasteiger partial charge in [0, 0.05) is 48.3 Å². The summed E-state index contributed by atoms with van der Waals surface area (Å²) >= 11 is 0. The van der Waals surface area contributed by atoms with E-state index in [1.165, 1.54) is 116 Å². The van der Waals surface area contributed by atoms with E-state index >= 15 is 0 Å². The molecule has 0 aromatic carbocycles. The first-order chi connectivity index (χ1) is 27.8. The molecule has 316 valence electrons. The predicted octanol–water partition coefficient (Wildman–Crippen LogP) is 13.1. The van der Waals surface area contributed by atoms with Crippen molar-refractivity contribution in [1.29, 1.82) is 0 Å². The Morgan fingerprint density at radius 1 is 0.250 bits per heavy atom. The van der Waals surface area contributed by atoms with E-state index in [1.54, 1.807) is 109 Å². The van der Waals surface area contributed by atoms with Gasteiger partial charge in [-0.2, -0.15) is 0 Å². The molecule has 1 N–H and O–H groups in total.